The summed E-state index contributed by atoms with van der Waals surface area (Å²) in [7, 11) is 1.64. The fourth-order valence-electron chi connectivity index (χ4n) is 2.37. The van der Waals surface area contributed by atoms with Gasteiger partial charge in [0.05, 0.1) is 12.9 Å². The standard InChI is InChI=1S/C14H16F2O/c1-14(7-3-4-11(9-14)17-2)10-5-6-12(15)13(16)8-10/h5-6,8-9H,3-4,7H2,1-2H3/t14-/m1/s1. The summed E-state index contributed by atoms with van der Waals surface area (Å²) in [6, 6.07) is 4.11. The van der Waals surface area contributed by atoms with Gasteiger partial charge in [0.1, 0.15) is 0 Å². The second-order valence-electron chi connectivity index (χ2n) is 4.71. The molecule has 0 bridgehead atoms. The summed E-state index contributed by atoms with van der Waals surface area (Å²) in [6.45, 7) is 2.03. The Morgan fingerprint density at radius 1 is 1.24 bits per heavy atom. The predicted octanol–water partition coefficient (Wildman–Crippen LogP) is 3.94. The van der Waals surface area contributed by atoms with Crippen LogP contribution in [-0.4, -0.2) is 7.11 Å². The summed E-state index contributed by atoms with van der Waals surface area (Å²) in [4.78, 5) is 0. The summed E-state index contributed by atoms with van der Waals surface area (Å²) in [6.07, 6.45) is 4.85. The molecule has 0 saturated carbocycles. The van der Waals surface area contributed by atoms with Gasteiger partial charge in [0.2, 0.25) is 0 Å². The number of ether oxygens (including phenoxy) is 1. The van der Waals surface area contributed by atoms with E-state index < -0.39 is 11.6 Å². The second-order valence-corrected chi connectivity index (χ2v) is 4.71. The first-order chi connectivity index (χ1) is 8.05. The smallest absolute Gasteiger partial charge is 0.159 e. The molecule has 3 heteroatoms. The minimum atomic E-state index is -0.802. The number of hydrogen-bond acceptors (Lipinski definition) is 1. The Morgan fingerprint density at radius 3 is 2.65 bits per heavy atom. The van der Waals surface area contributed by atoms with Gasteiger partial charge in [-0.1, -0.05) is 13.0 Å². The Balaban J connectivity index is 2.40. The maximum absolute atomic E-state index is 13.3. The van der Waals surface area contributed by atoms with Gasteiger partial charge in [-0.15, -0.1) is 0 Å². The lowest BCUT2D eigenvalue weighted by Crippen LogP contribution is -2.23. The Morgan fingerprint density at radius 2 is 2.00 bits per heavy atom. The molecule has 1 atom stereocenters. The molecule has 1 nitrogen and oxygen atoms in total. The normalized spacial score (nSPS) is 24.4. The molecule has 0 radical (unpaired) electrons. The molecule has 0 aromatic heterocycles. The van der Waals surface area contributed by atoms with E-state index in [0.29, 0.717) is 0 Å². The third-order valence-electron chi connectivity index (χ3n) is 3.44. The molecule has 1 aromatic rings. The topological polar surface area (TPSA) is 9.23 Å². The van der Waals surface area contributed by atoms with Gasteiger partial charge in [-0.25, -0.2) is 8.78 Å². The van der Waals surface area contributed by atoms with Crippen molar-refractivity contribution in [2.45, 2.75) is 31.6 Å². The summed E-state index contributed by atoms with van der Waals surface area (Å²) >= 11 is 0. The van der Waals surface area contributed by atoms with E-state index in [1.807, 2.05) is 13.0 Å². The highest BCUT2D eigenvalue weighted by molar-refractivity contribution is 5.33. The molecule has 1 aromatic carbocycles. The van der Waals surface area contributed by atoms with E-state index >= 15 is 0 Å². The van der Waals surface area contributed by atoms with Crippen LogP contribution in [0, 0.1) is 11.6 Å². The molecule has 17 heavy (non-hydrogen) atoms. The van der Waals surface area contributed by atoms with Gasteiger partial charge < -0.3 is 4.74 Å². The molecule has 2 rings (SSSR count). The van der Waals surface area contributed by atoms with Crippen LogP contribution >= 0.6 is 0 Å². The quantitative estimate of drug-likeness (QED) is 0.758. The van der Waals surface area contributed by atoms with Crippen LogP contribution in [0.5, 0.6) is 0 Å². The predicted molar refractivity (Wildman–Crippen MR) is 62.7 cm³/mol. The van der Waals surface area contributed by atoms with E-state index in [2.05, 4.69) is 0 Å². The highest BCUT2D eigenvalue weighted by Gasteiger charge is 2.29. The Hall–Kier alpha value is -1.38. The maximum Gasteiger partial charge on any atom is 0.159 e. The van der Waals surface area contributed by atoms with Crippen molar-refractivity contribution in [1.82, 2.24) is 0 Å². The van der Waals surface area contributed by atoms with Crippen molar-refractivity contribution in [2.24, 2.45) is 0 Å². The third-order valence-corrected chi connectivity index (χ3v) is 3.44. The van der Waals surface area contributed by atoms with Crippen molar-refractivity contribution in [3.05, 3.63) is 47.2 Å². The first-order valence-corrected chi connectivity index (χ1v) is 5.76. The van der Waals surface area contributed by atoms with Crippen molar-refractivity contribution >= 4 is 0 Å². The first-order valence-electron chi connectivity index (χ1n) is 5.76. The average Bonchev–Trinajstić information content (AvgIpc) is 2.32. The summed E-state index contributed by atoms with van der Waals surface area (Å²) in [5.74, 6) is -0.672. The van der Waals surface area contributed by atoms with Crippen LogP contribution in [0.25, 0.3) is 0 Å². The maximum atomic E-state index is 13.3. The largest absolute Gasteiger partial charge is 0.501 e. The molecular formula is C14H16F2O. The zero-order valence-corrected chi connectivity index (χ0v) is 10.1. The zero-order valence-electron chi connectivity index (χ0n) is 10.1. The highest BCUT2D eigenvalue weighted by Crippen LogP contribution is 2.37. The molecule has 0 amide bonds. The SMILES string of the molecule is COC1=C[C@](C)(c2ccc(F)c(F)c2)CCC1. The van der Waals surface area contributed by atoms with Crippen LogP contribution in [-0.2, 0) is 10.2 Å². The number of halogens is 2. The zero-order chi connectivity index (χ0) is 12.5. The van der Waals surface area contributed by atoms with E-state index in [9.17, 15) is 8.78 Å². The monoisotopic (exact) mass is 238 g/mol. The lowest BCUT2D eigenvalue weighted by molar-refractivity contribution is 0.253. The second kappa shape index (κ2) is 4.47. The lowest BCUT2D eigenvalue weighted by atomic mass is 9.74. The number of methoxy groups -OCH3 is 1. The first kappa shape index (κ1) is 12.1. The molecule has 92 valence electrons. The van der Waals surface area contributed by atoms with Crippen LogP contribution in [0.2, 0.25) is 0 Å². The van der Waals surface area contributed by atoms with Crippen LogP contribution in [0.15, 0.2) is 30.0 Å². The van der Waals surface area contributed by atoms with Crippen molar-refractivity contribution < 1.29 is 13.5 Å². The van der Waals surface area contributed by atoms with Crippen molar-refractivity contribution in [1.29, 1.82) is 0 Å². The van der Waals surface area contributed by atoms with E-state index in [1.165, 1.54) is 12.1 Å². The molecule has 0 unspecified atom stereocenters. The summed E-state index contributed by atoms with van der Waals surface area (Å²) < 4.78 is 31.4. The number of hydrogen-bond donors (Lipinski definition) is 0. The average molecular weight is 238 g/mol. The Bertz CT molecular complexity index is 454. The van der Waals surface area contributed by atoms with Gasteiger partial charge in [0, 0.05) is 11.8 Å². The highest BCUT2D eigenvalue weighted by atomic mass is 19.2. The molecule has 0 heterocycles. The van der Waals surface area contributed by atoms with Gasteiger partial charge in [0.25, 0.3) is 0 Å². The summed E-state index contributed by atoms with van der Waals surface area (Å²) in [5.41, 5.74) is 0.531. The van der Waals surface area contributed by atoms with E-state index in [0.717, 1.165) is 30.6 Å². The molecule has 1 aliphatic carbocycles. The molecule has 0 aliphatic heterocycles. The van der Waals surface area contributed by atoms with Crippen LogP contribution in [0.1, 0.15) is 31.7 Å². The van der Waals surface area contributed by atoms with Gasteiger partial charge in [-0.3, -0.25) is 0 Å². The fraction of sp³-hybridized carbons (Fsp3) is 0.429. The van der Waals surface area contributed by atoms with E-state index in [-0.39, 0.29) is 5.41 Å². The molecular weight excluding hydrogens is 222 g/mol. The van der Waals surface area contributed by atoms with Gasteiger partial charge >= 0.3 is 0 Å². The number of allylic oxidation sites excluding steroid dienone is 2. The van der Waals surface area contributed by atoms with Gasteiger partial charge in [0.15, 0.2) is 11.6 Å². The Kier molecular flexibility index (Phi) is 3.18. The fourth-order valence-corrected chi connectivity index (χ4v) is 2.37. The van der Waals surface area contributed by atoms with Crippen LogP contribution in [0.4, 0.5) is 8.78 Å². The number of rotatable bonds is 2. The number of benzene rings is 1. The summed E-state index contributed by atoms with van der Waals surface area (Å²) in [5, 5.41) is 0. The molecule has 0 N–H and O–H groups in total. The van der Waals surface area contributed by atoms with Gasteiger partial charge in [-0.2, -0.15) is 0 Å². The van der Waals surface area contributed by atoms with Crippen LogP contribution < -0.4 is 0 Å². The molecule has 0 spiro atoms. The van der Waals surface area contributed by atoms with Crippen molar-refractivity contribution in [2.75, 3.05) is 7.11 Å². The minimum Gasteiger partial charge on any atom is -0.501 e. The van der Waals surface area contributed by atoms with Crippen molar-refractivity contribution in [3.8, 4) is 0 Å². The van der Waals surface area contributed by atoms with E-state index in [4.69, 9.17) is 4.74 Å². The molecule has 0 saturated heterocycles. The minimum absolute atomic E-state index is 0.266. The van der Waals surface area contributed by atoms with E-state index in [1.54, 1.807) is 13.2 Å². The third kappa shape index (κ3) is 2.33. The molecule has 0 fully saturated rings. The molecule has 1 aliphatic rings. The Labute approximate surface area is 100 Å². The van der Waals surface area contributed by atoms with Crippen LogP contribution in [0.3, 0.4) is 0 Å². The lowest BCUT2D eigenvalue weighted by Gasteiger charge is -2.31. The van der Waals surface area contributed by atoms with Gasteiger partial charge in [-0.05, 0) is 36.6 Å². The van der Waals surface area contributed by atoms with Crippen molar-refractivity contribution in [3.63, 3.8) is 0 Å².